The van der Waals surface area contributed by atoms with Crippen LogP contribution in [0.25, 0.3) is 6.08 Å². The fourth-order valence-corrected chi connectivity index (χ4v) is 4.43. The first kappa shape index (κ1) is 28.2. The van der Waals surface area contributed by atoms with Gasteiger partial charge in [-0.1, -0.05) is 11.6 Å². The highest BCUT2D eigenvalue weighted by atomic mass is 35.5. The van der Waals surface area contributed by atoms with E-state index in [1.807, 2.05) is 0 Å². The van der Waals surface area contributed by atoms with Crippen molar-refractivity contribution in [1.82, 2.24) is 4.90 Å². The van der Waals surface area contributed by atoms with Gasteiger partial charge in [0.15, 0.2) is 11.5 Å². The zero-order valence-corrected chi connectivity index (χ0v) is 21.5. The summed E-state index contributed by atoms with van der Waals surface area (Å²) in [6.07, 6.45) is -3.22. The van der Waals surface area contributed by atoms with Crippen LogP contribution in [0.1, 0.15) is 25.0 Å². The number of ether oxygens (including phenoxy) is 3. The van der Waals surface area contributed by atoms with Crippen molar-refractivity contribution in [3.8, 4) is 17.2 Å². The predicted molar refractivity (Wildman–Crippen MR) is 133 cm³/mol. The molecule has 1 aliphatic rings. The number of hydrogen-bond acceptors (Lipinski definition) is 7. The Hall–Kier alpha value is -3.38. The van der Waals surface area contributed by atoms with Crippen LogP contribution in [0.15, 0.2) is 35.2 Å². The molecule has 1 heterocycles. The van der Waals surface area contributed by atoms with Gasteiger partial charge in [-0.3, -0.25) is 19.3 Å². The van der Waals surface area contributed by atoms with Gasteiger partial charge >= 0.3 is 6.18 Å². The summed E-state index contributed by atoms with van der Waals surface area (Å²) in [6, 6.07) is 5.70. The molecule has 0 radical (unpaired) electrons. The molecule has 37 heavy (non-hydrogen) atoms. The highest BCUT2D eigenvalue weighted by molar-refractivity contribution is 8.18. The number of methoxy groups -OCH3 is 1. The van der Waals surface area contributed by atoms with Crippen molar-refractivity contribution in [3.05, 3.63) is 51.4 Å². The van der Waals surface area contributed by atoms with Gasteiger partial charge in [0.25, 0.3) is 11.1 Å². The molecule has 1 N–H and O–H groups in total. The monoisotopic (exact) mass is 558 g/mol. The van der Waals surface area contributed by atoms with Crippen molar-refractivity contribution < 1.29 is 41.8 Å². The van der Waals surface area contributed by atoms with Gasteiger partial charge in [0.05, 0.1) is 41.5 Å². The summed E-state index contributed by atoms with van der Waals surface area (Å²) >= 11 is 6.91. The van der Waals surface area contributed by atoms with Crippen molar-refractivity contribution in [2.24, 2.45) is 0 Å². The molecule has 198 valence electrons. The molecular weight excluding hydrogens is 537 g/mol. The second-order valence-electron chi connectivity index (χ2n) is 7.42. The maximum Gasteiger partial charge on any atom is 0.416 e. The number of thioether (sulfide) groups is 1. The van der Waals surface area contributed by atoms with Gasteiger partial charge in [0, 0.05) is 0 Å². The molecule has 1 aliphatic heterocycles. The van der Waals surface area contributed by atoms with Crippen molar-refractivity contribution >= 4 is 52.2 Å². The number of amides is 3. The van der Waals surface area contributed by atoms with Crippen LogP contribution in [-0.2, 0) is 15.8 Å². The van der Waals surface area contributed by atoms with Crippen molar-refractivity contribution in [2.45, 2.75) is 20.0 Å². The van der Waals surface area contributed by atoms with E-state index < -0.39 is 35.3 Å². The fourth-order valence-electron chi connectivity index (χ4n) is 3.32. The number of nitrogens with zero attached hydrogens (tertiary/aromatic N) is 1. The first-order valence-electron chi connectivity index (χ1n) is 10.9. The van der Waals surface area contributed by atoms with E-state index in [1.165, 1.54) is 19.3 Å². The maximum atomic E-state index is 13.1. The van der Waals surface area contributed by atoms with Crippen LogP contribution in [0.3, 0.4) is 0 Å². The molecule has 1 saturated heterocycles. The summed E-state index contributed by atoms with van der Waals surface area (Å²) in [5.41, 5.74) is -0.795. The quantitative estimate of drug-likeness (QED) is 0.386. The number of halogens is 4. The van der Waals surface area contributed by atoms with E-state index in [1.54, 1.807) is 19.9 Å². The number of imide groups is 1. The number of carbonyl (C=O) groups is 3. The SMILES string of the molecule is CCOc1cc(/C=C2\SC(=O)N(CC(=O)Nc3cc(C(F)(F)F)ccc3OC)C2=O)cc(Cl)c1OCC. The standard InChI is InChI=1S/C24H22ClF3N2O6S/c1-4-35-18-9-13(8-15(25)21(18)36-5-2)10-19-22(32)30(23(33)37-19)12-20(31)29-16-11-14(24(26,27)28)6-7-17(16)34-3/h6-11H,4-5,12H2,1-3H3,(H,29,31)/b19-10-. The first-order valence-corrected chi connectivity index (χ1v) is 12.1. The van der Waals surface area contributed by atoms with Crippen LogP contribution in [0.5, 0.6) is 17.2 Å². The largest absolute Gasteiger partial charge is 0.495 e. The number of rotatable bonds is 9. The molecule has 3 amide bonds. The Labute approximate surface area is 219 Å². The van der Waals surface area contributed by atoms with E-state index in [-0.39, 0.29) is 21.4 Å². The van der Waals surface area contributed by atoms with E-state index in [0.29, 0.717) is 53.0 Å². The number of hydrogen-bond donors (Lipinski definition) is 1. The van der Waals surface area contributed by atoms with Gasteiger partial charge in [-0.05, 0) is 67.6 Å². The van der Waals surface area contributed by atoms with E-state index in [9.17, 15) is 27.6 Å². The Balaban J connectivity index is 1.79. The number of anilines is 1. The minimum Gasteiger partial charge on any atom is -0.495 e. The molecule has 0 aromatic heterocycles. The van der Waals surface area contributed by atoms with Gasteiger partial charge in [-0.15, -0.1) is 0 Å². The summed E-state index contributed by atoms with van der Waals surface area (Å²) < 4.78 is 55.3. The molecule has 0 atom stereocenters. The first-order chi connectivity index (χ1) is 17.5. The molecule has 0 spiro atoms. The van der Waals surface area contributed by atoms with Crippen LogP contribution in [0.2, 0.25) is 5.02 Å². The fraction of sp³-hybridized carbons (Fsp3) is 0.292. The number of nitrogens with one attached hydrogen (secondary N) is 1. The van der Waals surface area contributed by atoms with Crippen LogP contribution in [-0.4, -0.2) is 48.8 Å². The van der Waals surface area contributed by atoms with Crippen molar-refractivity contribution in [3.63, 3.8) is 0 Å². The molecule has 3 rings (SSSR count). The average Bonchev–Trinajstić information content (AvgIpc) is 3.08. The van der Waals surface area contributed by atoms with Crippen LogP contribution >= 0.6 is 23.4 Å². The van der Waals surface area contributed by atoms with Crippen molar-refractivity contribution in [1.29, 1.82) is 0 Å². The van der Waals surface area contributed by atoms with Gasteiger partial charge < -0.3 is 19.5 Å². The molecule has 0 unspecified atom stereocenters. The zero-order valence-electron chi connectivity index (χ0n) is 19.9. The van der Waals surface area contributed by atoms with Crippen LogP contribution < -0.4 is 19.5 Å². The predicted octanol–water partition coefficient (Wildman–Crippen LogP) is 5.84. The van der Waals surface area contributed by atoms with Gasteiger partial charge in [-0.2, -0.15) is 13.2 Å². The Morgan fingerprint density at radius 2 is 1.81 bits per heavy atom. The summed E-state index contributed by atoms with van der Waals surface area (Å²) in [6.45, 7) is 3.54. The van der Waals surface area contributed by atoms with Gasteiger partial charge in [-0.25, -0.2) is 0 Å². The maximum absolute atomic E-state index is 13.1. The Bertz CT molecular complexity index is 1250. The third-order valence-corrected chi connectivity index (χ3v) is 6.08. The topological polar surface area (TPSA) is 94.2 Å². The third kappa shape index (κ3) is 6.69. The number of benzene rings is 2. The highest BCUT2D eigenvalue weighted by Gasteiger charge is 2.37. The summed E-state index contributed by atoms with van der Waals surface area (Å²) in [7, 11) is 1.23. The molecular formula is C24H22ClF3N2O6S. The van der Waals surface area contributed by atoms with Gasteiger partial charge in [0.2, 0.25) is 5.91 Å². The lowest BCUT2D eigenvalue weighted by Crippen LogP contribution is -2.36. The van der Waals surface area contributed by atoms with E-state index in [4.69, 9.17) is 25.8 Å². The Kier molecular flexibility index (Phi) is 8.98. The summed E-state index contributed by atoms with van der Waals surface area (Å²) in [5.74, 6) is -0.949. The molecule has 8 nitrogen and oxygen atoms in total. The molecule has 0 bridgehead atoms. The highest BCUT2D eigenvalue weighted by Crippen LogP contribution is 2.39. The lowest BCUT2D eigenvalue weighted by atomic mass is 10.1. The van der Waals surface area contributed by atoms with E-state index in [0.717, 1.165) is 12.1 Å². The Morgan fingerprint density at radius 1 is 1.11 bits per heavy atom. The minimum absolute atomic E-state index is 0.0205. The third-order valence-electron chi connectivity index (χ3n) is 4.89. The van der Waals surface area contributed by atoms with Crippen molar-refractivity contribution in [2.75, 3.05) is 32.2 Å². The molecule has 0 aliphatic carbocycles. The zero-order chi connectivity index (χ0) is 27.3. The van der Waals surface area contributed by atoms with Crippen LogP contribution in [0.4, 0.5) is 23.7 Å². The minimum atomic E-state index is -4.64. The second-order valence-corrected chi connectivity index (χ2v) is 8.83. The Morgan fingerprint density at radius 3 is 2.43 bits per heavy atom. The molecule has 0 saturated carbocycles. The smallest absolute Gasteiger partial charge is 0.416 e. The average molecular weight is 559 g/mol. The lowest BCUT2D eigenvalue weighted by molar-refractivity contribution is -0.137. The van der Waals surface area contributed by atoms with Crippen LogP contribution in [0, 0.1) is 0 Å². The molecule has 13 heteroatoms. The number of alkyl halides is 3. The van der Waals surface area contributed by atoms with Gasteiger partial charge in [0.1, 0.15) is 12.3 Å². The molecule has 2 aromatic rings. The lowest BCUT2D eigenvalue weighted by Gasteiger charge is -2.16. The summed E-state index contributed by atoms with van der Waals surface area (Å²) in [5, 5.41) is 1.79. The van der Waals surface area contributed by atoms with E-state index in [2.05, 4.69) is 5.32 Å². The number of carbonyl (C=O) groups excluding carboxylic acids is 3. The summed E-state index contributed by atoms with van der Waals surface area (Å²) in [4.78, 5) is 38.6. The molecule has 2 aromatic carbocycles. The van der Waals surface area contributed by atoms with E-state index >= 15 is 0 Å². The molecule has 1 fully saturated rings. The normalized spacial score (nSPS) is 14.8. The second kappa shape index (κ2) is 11.8.